The molecule has 0 aromatic carbocycles. The number of hydrogen-bond donors (Lipinski definition) is 0. The molecule has 6 nitrogen and oxygen atoms in total. The number of carbonyl (C=O) groups excluding carboxylic acids is 1. The standard InChI is InChI=1S/C21H24N4O2S2/c1-3-14(2)25-20(27)16(29-21(25)28)13-15-18(23-10-6-4-7-11-23)22-17-9-5-8-12-24(17)19(15)26/h5,8-9,12-14H,3-4,6-7,10-11H2,1-2H3/b16-13+/t14-/m1/s1. The van der Waals surface area contributed by atoms with Gasteiger partial charge in [-0.1, -0.05) is 37.0 Å². The highest BCUT2D eigenvalue weighted by Crippen LogP contribution is 2.35. The Morgan fingerprint density at radius 3 is 2.72 bits per heavy atom. The fourth-order valence-corrected chi connectivity index (χ4v) is 5.18. The lowest BCUT2D eigenvalue weighted by Crippen LogP contribution is -2.36. The van der Waals surface area contributed by atoms with Crippen molar-refractivity contribution in [2.45, 2.75) is 45.6 Å². The van der Waals surface area contributed by atoms with Crippen molar-refractivity contribution in [2.75, 3.05) is 18.0 Å². The molecular weight excluding hydrogens is 404 g/mol. The van der Waals surface area contributed by atoms with Crippen molar-refractivity contribution in [3.8, 4) is 0 Å². The van der Waals surface area contributed by atoms with E-state index < -0.39 is 0 Å². The highest BCUT2D eigenvalue weighted by Gasteiger charge is 2.35. The Balaban J connectivity index is 1.85. The zero-order valence-corrected chi connectivity index (χ0v) is 18.3. The molecule has 1 amide bonds. The molecule has 0 unspecified atom stereocenters. The average molecular weight is 429 g/mol. The summed E-state index contributed by atoms with van der Waals surface area (Å²) in [6.07, 6.45) is 7.56. The van der Waals surface area contributed by atoms with Crippen LogP contribution in [0.3, 0.4) is 0 Å². The van der Waals surface area contributed by atoms with Crippen LogP contribution in [0.15, 0.2) is 34.1 Å². The Morgan fingerprint density at radius 1 is 1.24 bits per heavy atom. The van der Waals surface area contributed by atoms with Gasteiger partial charge in [-0.3, -0.25) is 18.9 Å². The average Bonchev–Trinajstić information content (AvgIpc) is 3.03. The van der Waals surface area contributed by atoms with E-state index in [4.69, 9.17) is 17.2 Å². The van der Waals surface area contributed by atoms with Crippen LogP contribution in [0.1, 0.15) is 45.1 Å². The largest absolute Gasteiger partial charge is 0.356 e. The van der Waals surface area contributed by atoms with Gasteiger partial charge >= 0.3 is 0 Å². The van der Waals surface area contributed by atoms with Crippen LogP contribution in [-0.4, -0.2) is 43.6 Å². The highest BCUT2D eigenvalue weighted by molar-refractivity contribution is 8.26. The van der Waals surface area contributed by atoms with Crippen LogP contribution in [0.2, 0.25) is 0 Å². The number of pyridine rings is 1. The Bertz CT molecular complexity index is 1060. The number of nitrogens with zero attached hydrogens (tertiary/aromatic N) is 4. The van der Waals surface area contributed by atoms with Gasteiger partial charge in [0.25, 0.3) is 11.5 Å². The number of amides is 1. The van der Waals surface area contributed by atoms with Gasteiger partial charge in [-0.25, -0.2) is 4.98 Å². The summed E-state index contributed by atoms with van der Waals surface area (Å²) in [6, 6.07) is 5.55. The summed E-state index contributed by atoms with van der Waals surface area (Å²) in [5, 5.41) is 0. The molecule has 4 heterocycles. The van der Waals surface area contributed by atoms with Crippen molar-refractivity contribution in [1.82, 2.24) is 14.3 Å². The molecule has 2 aromatic rings. The van der Waals surface area contributed by atoms with Gasteiger partial charge < -0.3 is 4.90 Å². The fraction of sp³-hybridized carbons (Fsp3) is 0.429. The molecule has 0 spiro atoms. The molecule has 0 bridgehead atoms. The summed E-state index contributed by atoms with van der Waals surface area (Å²) in [7, 11) is 0. The molecule has 4 rings (SSSR count). The van der Waals surface area contributed by atoms with Crippen molar-refractivity contribution in [3.63, 3.8) is 0 Å². The summed E-state index contributed by atoms with van der Waals surface area (Å²) in [5.74, 6) is 0.534. The van der Waals surface area contributed by atoms with Crippen LogP contribution in [0.5, 0.6) is 0 Å². The Kier molecular flexibility index (Phi) is 5.74. The van der Waals surface area contributed by atoms with Crippen molar-refractivity contribution in [2.24, 2.45) is 0 Å². The summed E-state index contributed by atoms with van der Waals surface area (Å²) >= 11 is 6.70. The van der Waals surface area contributed by atoms with Gasteiger partial charge in [0.1, 0.15) is 15.8 Å². The lowest BCUT2D eigenvalue weighted by Gasteiger charge is -2.29. The maximum atomic E-state index is 13.3. The normalized spacial score (nSPS) is 20.1. The van der Waals surface area contributed by atoms with Gasteiger partial charge in [0.2, 0.25) is 0 Å². The minimum absolute atomic E-state index is 0.0331. The van der Waals surface area contributed by atoms with Gasteiger partial charge in [-0.15, -0.1) is 0 Å². The van der Waals surface area contributed by atoms with Crippen LogP contribution < -0.4 is 10.5 Å². The predicted molar refractivity (Wildman–Crippen MR) is 122 cm³/mol. The Morgan fingerprint density at radius 2 is 2.00 bits per heavy atom. The third-order valence-corrected chi connectivity index (χ3v) is 6.87. The predicted octanol–water partition coefficient (Wildman–Crippen LogP) is 3.68. The molecule has 2 aromatic heterocycles. The SMILES string of the molecule is CC[C@@H](C)N1C(=O)/C(=C\c2c(N3CCCCC3)nc3ccccn3c2=O)SC1=S. The van der Waals surface area contributed by atoms with Crippen LogP contribution in [-0.2, 0) is 4.79 Å². The monoisotopic (exact) mass is 428 g/mol. The van der Waals surface area contributed by atoms with Crippen LogP contribution in [0, 0.1) is 0 Å². The van der Waals surface area contributed by atoms with Crippen molar-refractivity contribution >= 4 is 51.7 Å². The van der Waals surface area contributed by atoms with Gasteiger partial charge in [0.05, 0.1) is 10.5 Å². The molecule has 0 saturated carbocycles. The molecule has 2 saturated heterocycles. The molecular formula is C21H24N4O2S2. The molecule has 29 heavy (non-hydrogen) atoms. The van der Waals surface area contributed by atoms with Crippen molar-refractivity contribution < 1.29 is 4.79 Å². The van der Waals surface area contributed by atoms with Gasteiger partial charge in [0.15, 0.2) is 0 Å². The fourth-order valence-electron chi connectivity index (χ4n) is 3.74. The van der Waals surface area contributed by atoms with Crippen LogP contribution >= 0.6 is 24.0 Å². The van der Waals surface area contributed by atoms with E-state index in [0.717, 1.165) is 32.4 Å². The maximum Gasteiger partial charge on any atom is 0.267 e. The summed E-state index contributed by atoms with van der Waals surface area (Å²) < 4.78 is 2.08. The van der Waals surface area contributed by atoms with E-state index in [2.05, 4.69) is 4.90 Å². The Hall–Kier alpha value is -2.19. The zero-order chi connectivity index (χ0) is 20.5. The highest BCUT2D eigenvalue weighted by atomic mass is 32.2. The number of carbonyl (C=O) groups is 1. The first-order valence-corrected chi connectivity index (χ1v) is 11.3. The van der Waals surface area contributed by atoms with Crippen LogP contribution in [0.4, 0.5) is 5.82 Å². The summed E-state index contributed by atoms with van der Waals surface area (Å²) in [6.45, 7) is 5.74. The summed E-state index contributed by atoms with van der Waals surface area (Å²) in [4.78, 5) is 35.4. The van der Waals surface area contributed by atoms with Gasteiger partial charge in [-0.2, -0.15) is 0 Å². The van der Waals surface area contributed by atoms with Crippen molar-refractivity contribution in [3.05, 3.63) is 45.2 Å². The number of thioether (sulfide) groups is 1. The third kappa shape index (κ3) is 3.71. The van der Waals surface area contributed by atoms with E-state index in [1.165, 1.54) is 22.6 Å². The Labute approximate surface area is 179 Å². The molecule has 2 aliphatic heterocycles. The number of aromatic nitrogens is 2. The minimum Gasteiger partial charge on any atom is -0.356 e. The first kappa shape index (κ1) is 20.1. The van der Waals surface area contributed by atoms with Gasteiger partial charge in [0, 0.05) is 25.3 Å². The van der Waals surface area contributed by atoms with E-state index >= 15 is 0 Å². The maximum absolute atomic E-state index is 13.3. The van der Waals surface area contributed by atoms with E-state index in [1.54, 1.807) is 17.2 Å². The first-order chi connectivity index (χ1) is 14.0. The number of anilines is 1. The second-order valence-corrected chi connectivity index (χ2v) is 9.12. The van der Waals surface area contributed by atoms with E-state index in [0.29, 0.717) is 26.3 Å². The van der Waals surface area contributed by atoms with E-state index in [9.17, 15) is 9.59 Å². The van der Waals surface area contributed by atoms with Crippen molar-refractivity contribution in [1.29, 1.82) is 0 Å². The molecule has 0 N–H and O–H groups in total. The number of piperidine rings is 1. The molecule has 0 aliphatic carbocycles. The molecule has 1 atom stereocenters. The quantitative estimate of drug-likeness (QED) is 0.547. The molecule has 2 aliphatic rings. The smallest absolute Gasteiger partial charge is 0.267 e. The second-order valence-electron chi connectivity index (χ2n) is 7.44. The van der Waals surface area contributed by atoms with E-state index in [1.807, 2.05) is 32.0 Å². The number of hydrogen-bond acceptors (Lipinski definition) is 6. The van der Waals surface area contributed by atoms with Crippen LogP contribution in [0.25, 0.3) is 11.7 Å². The third-order valence-electron chi connectivity index (χ3n) is 5.54. The van der Waals surface area contributed by atoms with Gasteiger partial charge in [-0.05, 0) is 50.8 Å². The molecule has 2 fully saturated rings. The number of rotatable bonds is 4. The lowest BCUT2D eigenvalue weighted by atomic mass is 10.1. The molecule has 0 radical (unpaired) electrons. The minimum atomic E-state index is -0.162. The topological polar surface area (TPSA) is 57.9 Å². The lowest BCUT2D eigenvalue weighted by molar-refractivity contribution is -0.123. The number of thiocarbonyl (C=S) groups is 1. The molecule has 8 heteroatoms. The van der Waals surface area contributed by atoms with E-state index in [-0.39, 0.29) is 17.5 Å². The molecule has 152 valence electrons. The first-order valence-electron chi connectivity index (χ1n) is 10.0. The summed E-state index contributed by atoms with van der Waals surface area (Å²) in [5.41, 5.74) is 0.910. The zero-order valence-electron chi connectivity index (χ0n) is 16.6. The number of fused-ring (bicyclic) bond motifs is 1. The second kappa shape index (κ2) is 8.28.